The van der Waals surface area contributed by atoms with Gasteiger partial charge in [0.15, 0.2) is 0 Å². The molecule has 1 saturated heterocycles. The lowest BCUT2D eigenvalue weighted by molar-refractivity contribution is -0.131. The van der Waals surface area contributed by atoms with Gasteiger partial charge in [-0.3, -0.25) is 4.79 Å². The molecule has 0 spiro atoms. The summed E-state index contributed by atoms with van der Waals surface area (Å²) in [5, 5.41) is 7.61. The van der Waals surface area contributed by atoms with Crippen LogP contribution in [0.4, 0.5) is 0 Å². The van der Waals surface area contributed by atoms with Crippen LogP contribution in [-0.2, 0) is 21.2 Å². The van der Waals surface area contributed by atoms with E-state index in [1.807, 2.05) is 6.92 Å². The largest absolute Gasteiger partial charge is 0.339 e. The number of fused-ring (bicyclic) bond motifs is 1. The molecule has 3 heterocycles. The van der Waals surface area contributed by atoms with Crippen LogP contribution in [0.5, 0.6) is 0 Å². The topological polar surface area (TPSA) is 109 Å². The van der Waals surface area contributed by atoms with Crippen LogP contribution < -0.4 is 5.32 Å². The van der Waals surface area contributed by atoms with Gasteiger partial charge in [-0.2, -0.15) is 4.31 Å². The lowest BCUT2D eigenvalue weighted by Crippen LogP contribution is -2.49. The van der Waals surface area contributed by atoms with E-state index in [1.54, 1.807) is 4.90 Å². The molecule has 0 aliphatic carbocycles. The molecule has 25 heavy (non-hydrogen) atoms. The second-order valence-corrected chi connectivity index (χ2v) is 7.94. The van der Waals surface area contributed by atoms with Crippen molar-refractivity contribution in [3.8, 4) is 0 Å². The van der Waals surface area contributed by atoms with Gasteiger partial charge in [-0.15, -0.1) is 0 Å². The van der Waals surface area contributed by atoms with E-state index in [2.05, 4.69) is 15.5 Å². The first-order valence-corrected chi connectivity index (χ1v) is 9.56. The van der Waals surface area contributed by atoms with E-state index in [4.69, 9.17) is 4.52 Å². The molecule has 0 aromatic carbocycles. The van der Waals surface area contributed by atoms with Gasteiger partial charge in [0, 0.05) is 33.2 Å². The Bertz CT molecular complexity index is 873. The third-order valence-corrected chi connectivity index (χ3v) is 6.02. The smallest absolute Gasteiger partial charge is 0.258 e. The summed E-state index contributed by atoms with van der Waals surface area (Å²) in [4.78, 5) is 18.0. The number of nitrogens with one attached hydrogen (secondary N) is 1. The van der Waals surface area contributed by atoms with E-state index in [-0.39, 0.29) is 17.3 Å². The Morgan fingerprint density at radius 3 is 2.80 bits per heavy atom. The Balaban J connectivity index is 1.81. The number of pyridine rings is 1. The van der Waals surface area contributed by atoms with Gasteiger partial charge in [0.1, 0.15) is 4.90 Å². The number of sulfonamides is 1. The van der Waals surface area contributed by atoms with Crippen molar-refractivity contribution in [3.05, 3.63) is 18.0 Å². The Morgan fingerprint density at radius 2 is 2.12 bits per heavy atom. The third kappa shape index (κ3) is 3.51. The van der Waals surface area contributed by atoms with Crippen LogP contribution in [-0.4, -0.2) is 73.4 Å². The van der Waals surface area contributed by atoms with E-state index < -0.39 is 10.0 Å². The van der Waals surface area contributed by atoms with Crippen molar-refractivity contribution >= 4 is 27.0 Å². The quantitative estimate of drug-likeness (QED) is 0.782. The molecule has 2 aromatic rings. The molecular weight excluding hydrogens is 346 g/mol. The third-order valence-electron chi connectivity index (χ3n) is 4.25. The van der Waals surface area contributed by atoms with E-state index >= 15 is 0 Å². The lowest BCUT2D eigenvalue weighted by Gasteiger charge is -2.29. The second kappa shape index (κ2) is 7.06. The van der Waals surface area contributed by atoms with Crippen LogP contribution in [0.2, 0.25) is 0 Å². The molecule has 0 bridgehead atoms. The minimum atomic E-state index is -3.83. The van der Waals surface area contributed by atoms with Crippen LogP contribution >= 0.6 is 0 Å². The zero-order valence-electron chi connectivity index (χ0n) is 14.2. The number of nitrogens with zero attached hydrogens (tertiary/aromatic N) is 4. The molecule has 0 atom stereocenters. The highest BCUT2D eigenvalue weighted by atomic mass is 32.2. The van der Waals surface area contributed by atoms with E-state index in [9.17, 15) is 13.2 Å². The molecule has 1 fully saturated rings. The summed E-state index contributed by atoms with van der Waals surface area (Å²) in [5.41, 5.74) is 0.953. The van der Waals surface area contributed by atoms with Crippen molar-refractivity contribution in [2.24, 2.45) is 0 Å². The molecule has 3 rings (SSSR count). The SMILES string of the molecule is CCc1noc2ncc(S(=O)(=O)N(C)CC(=O)N3CCNCC3)cc12. The van der Waals surface area contributed by atoms with Gasteiger partial charge in [-0.25, -0.2) is 13.4 Å². The maximum absolute atomic E-state index is 12.8. The predicted molar refractivity (Wildman–Crippen MR) is 90.4 cm³/mol. The maximum Gasteiger partial charge on any atom is 0.258 e. The summed E-state index contributed by atoms with van der Waals surface area (Å²) in [5.74, 6) is -0.208. The summed E-state index contributed by atoms with van der Waals surface area (Å²) < 4.78 is 31.7. The number of rotatable bonds is 5. The van der Waals surface area contributed by atoms with Crippen molar-refractivity contribution in [1.82, 2.24) is 24.7 Å². The number of aryl methyl sites for hydroxylation is 1. The molecule has 10 heteroatoms. The minimum Gasteiger partial charge on any atom is -0.339 e. The number of piperazine rings is 1. The predicted octanol–water partition coefficient (Wildman–Crippen LogP) is -0.162. The van der Waals surface area contributed by atoms with Gasteiger partial charge < -0.3 is 14.7 Å². The zero-order chi connectivity index (χ0) is 18.0. The Hall–Kier alpha value is -2.04. The highest BCUT2D eigenvalue weighted by molar-refractivity contribution is 7.89. The van der Waals surface area contributed by atoms with E-state index in [1.165, 1.54) is 19.3 Å². The van der Waals surface area contributed by atoms with Crippen molar-refractivity contribution in [2.75, 3.05) is 39.8 Å². The van der Waals surface area contributed by atoms with Crippen molar-refractivity contribution in [1.29, 1.82) is 0 Å². The molecule has 2 aromatic heterocycles. The zero-order valence-corrected chi connectivity index (χ0v) is 15.0. The van der Waals surface area contributed by atoms with Crippen molar-refractivity contribution in [3.63, 3.8) is 0 Å². The molecule has 1 aliphatic rings. The van der Waals surface area contributed by atoms with Crippen LogP contribution in [0.15, 0.2) is 21.7 Å². The number of carbonyl (C=O) groups excluding carboxylic acids is 1. The van der Waals surface area contributed by atoms with Gasteiger partial charge in [0.25, 0.3) is 5.71 Å². The number of hydrogen-bond acceptors (Lipinski definition) is 7. The molecular formula is C15H21N5O4S. The first kappa shape index (κ1) is 17.8. The molecule has 0 unspecified atom stereocenters. The fourth-order valence-electron chi connectivity index (χ4n) is 2.73. The first-order chi connectivity index (χ1) is 11.9. The number of likely N-dealkylation sites (N-methyl/N-ethyl adjacent to an activating group) is 1. The number of aromatic nitrogens is 2. The minimum absolute atomic E-state index is 0.0218. The molecule has 0 radical (unpaired) electrons. The lowest BCUT2D eigenvalue weighted by atomic mass is 10.2. The van der Waals surface area contributed by atoms with Crippen molar-refractivity contribution in [2.45, 2.75) is 18.2 Å². The van der Waals surface area contributed by atoms with Crippen LogP contribution in [0.3, 0.4) is 0 Å². The fraction of sp³-hybridized carbons (Fsp3) is 0.533. The first-order valence-electron chi connectivity index (χ1n) is 8.12. The summed E-state index contributed by atoms with van der Waals surface area (Å²) >= 11 is 0. The summed E-state index contributed by atoms with van der Waals surface area (Å²) in [6, 6.07) is 1.50. The average Bonchev–Trinajstić information content (AvgIpc) is 3.04. The number of amides is 1. The second-order valence-electron chi connectivity index (χ2n) is 5.90. The van der Waals surface area contributed by atoms with Crippen LogP contribution in [0, 0.1) is 0 Å². The van der Waals surface area contributed by atoms with E-state index in [0.29, 0.717) is 36.3 Å². The van der Waals surface area contributed by atoms with Crippen molar-refractivity contribution < 1.29 is 17.7 Å². The highest BCUT2D eigenvalue weighted by Gasteiger charge is 2.27. The average molecular weight is 367 g/mol. The Labute approximate surface area is 146 Å². The molecule has 136 valence electrons. The fourth-order valence-corrected chi connectivity index (χ4v) is 3.82. The highest BCUT2D eigenvalue weighted by Crippen LogP contribution is 2.22. The van der Waals surface area contributed by atoms with Crippen LogP contribution in [0.1, 0.15) is 12.6 Å². The number of carbonyl (C=O) groups is 1. The Kier molecular flexibility index (Phi) is 5.02. The molecule has 1 N–H and O–H groups in total. The summed E-state index contributed by atoms with van der Waals surface area (Å²) in [6.45, 7) is 4.30. The van der Waals surface area contributed by atoms with Gasteiger partial charge in [0.2, 0.25) is 15.9 Å². The Morgan fingerprint density at radius 1 is 1.40 bits per heavy atom. The van der Waals surface area contributed by atoms with Gasteiger partial charge in [-0.05, 0) is 12.5 Å². The van der Waals surface area contributed by atoms with Crippen LogP contribution in [0.25, 0.3) is 11.1 Å². The van der Waals surface area contributed by atoms with E-state index in [0.717, 1.165) is 17.4 Å². The molecule has 1 amide bonds. The molecule has 0 saturated carbocycles. The summed E-state index contributed by atoms with van der Waals surface area (Å²) in [6.07, 6.45) is 1.84. The van der Waals surface area contributed by atoms with Gasteiger partial charge in [0.05, 0.1) is 23.8 Å². The van der Waals surface area contributed by atoms with Gasteiger partial charge in [-0.1, -0.05) is 12.1 Å². The monoisotopic (exact) mass is 367 g/mol. The summed E-state index contributed by atoms with van der Waals surface area (Å²) in [7, 11) is -2.43. The molecule has 9 nitrogen and oxygen atoms in total. The normalized spacial score (nSPS) is 15.9. The standard InChI is InChI=1S/C15H21N5O4S/c1-3-13-12-8-11(9-17-15(12)24-18-13)25(22,23)19(2)10-14(21)20-6-4-16-5-7-20/h8-9,16H,3-7,10H2,1-2H3. The molecule has 1 aliphatic heterocycles. The number of hydrogen-bond donors (Lipinski definition) is 1. The van der Waals surface area contributed by atoms with Gasteiger partial charge >= 0.3 is 0 Å². The maximum atomic E-state index is 12.8.